The predicted octanol–water partition coefficient (Wildman–Crippen LogP) is 16.1. The quantitative estimate of drug-likeness (QED) is 0.153. The fourth-order valence-corrected chi connectivity index (χ4v) is 10.6. The Morgan fingerprint density at radius 1 is 0.294 bits per heavy atom. The van der Waals surface area contributed by atoms with Crippen molar-refractivity contribution in [3.05, 3.63) is 271 Å². The molecule has 0 amide bonds. The van der Waals surface area contributed by atoms with Crippen LogP contribution in [0.25, 0.3) is 101 Å². The van der Waals surface area contributed by atoms with E-state index in [0.717, 1.165) is 60.9 Å². The molecule has 1 aliphatic carbocycles. The lowest BCUT2D eigenvalue weighted by Gasteiger charge is -2.34. The summed E-state index contributed by atoms with van der Waals surface area (Å²) >= 11 is 0. The van der Waals surface area contributed by atoms with Crippen molar-refractivity contribution in [1.82, 2.24) is 15.0 Å². The summed E-state index contributed by atoms with van der Waals surface area (Å²) in [7, 11) is 0. The van der Waals surface area contributed by atoms with Gasteiger partial charge in [-0.2, -0.15) is 0 Å². The van der Waals surface area contributed by atoms with Crippen molar-refractivity contribution in [1.29, 1.82) is 0 Å². The largest absolute Gasteiger partial charge is 0.456 e. The van der Waals surface area contributed by atoms with Crippen LogP contribution in [0.3, 0.4) is 0 Å². The van der Waals surface area contributed by atoms with Crippen LogP contribution >= 0.6 is 0 Å². The average molecular weight is 868 g/mol. The van der Waals surface area contributed by atoms with E-state index in [4.69, 9.17) is 19.4 Å². The highest BCUT2D eigenvalue weighted by Crippen LogP contribution is 2.58. The number of aromatic nitrogens is 3. The first kappa shape index (κ1) is 39.4. The lowest BCUT2D eigenvalue weighted by atomic mass is 9.67. The Balaban J connectivity index is 0.928. The molecule has 4 nitrogen and oxygen atoms in total. The van der Waals surface area contributed by atoms with Crippen molar-refractivity contribution in [2.75, 3.05) is 0 Å². The van der Waals surface area contributed by atoms with Crippen molar-refractivity contribution in [2.24, 2.45) is 0 Å². The van der Waals surface area contributed by atoms with Gasteiger partial charge in [-0.3, -0.25) is 0 Å². The number of nitrogens with zero attached hydrogens (tertiary/aromatic N) is 3. The zero-order chi connectivity index (χ0) is 45.0. The van der Waals surface area contributed by atoms with E-state index >= 15 is 0 Å². The first-order chi connectivity index (χ1) is 33.7. The van der Waals surface area contributed by atoms with E-state index in [2.05, 4.69) is 194 Å². The molecule has 68 heavy (non-hydrogen) atoms. The van der Waals surface area contributed by atoms with Gasteiger partial charge in [-0.15, -0.1) is 0 Å². The van der Waals surface area contributed by atoms with Crippen molar-refractivity contribution in [2.45, 2.75) is 5.41 Å². The van der Waals surface area contributed by atoms with E-state index in [-0.39, 0.29) is 0 Å². The molecule has 10 aromatic carbocycles. The van der Waals surface area contributed by atoms with Gasteiger partial charge in [0.15, 0.2) is 17.5 Å². The second-order valence-corrected chi connectivity index (χ2v) is 17.4. The Morgan fingerprint density at radius 2 is 0.779 bits per heavy atom. The summed E-state index contributed by atoms with van der Waals surface area (Å²) in [4.78, 5) is 15.6. The standard InChI is InChI=1S/C64H41N3O/c1-5-19-43(20-6-1)49-27-13-14-28-51(49)62-65-61(45-21-7-2-8-22-45)66-63(67-62)53-31-18-34-58-60(53)54-41-46(39-40-57(54)68-58)42-35-37-44(38-36-42)50-30-17-33-56-59(50)52-29-15-16-32-55(52)64(56,47-23-9-3-10-24-47)48-25-11-4-12-26-48/h1-41H. The molecule has 2 aromatic heterocycles. The number of fused-ring (bicyclic) bond motifs is 6. The van der Waals surface area contributed by atoms with Crippen molar-refractivity contribution in [3.63, 3.8) is 0 Å². The molecule has 12 aromatic rings. The minimum Gasteiger partial charge on any atom is -0.456 e. The molecule has 0 spiro atoms. The normalized spacial score (nSPS) is 12.5. The number of hydrogen-bond donors (Lipinski definition) is 0. The molecule has 0 bridgehead atoms. The molecule has 0 fully saturated rings. The molecule has 13 rings (SSSR count). The maximum atomic E-state index is 6.57. The number of benzene rings is 10. The van der Waals surface area contributed by atoms with E-state index in [9.17, 15) is 0 Å². The fourth-order valence-electron chi connectivity index (χ4n) is 10.6. The first-order valence-corrected chi connectivity index (χ1v) is 23.1. The topological polar surface area (TPSA) is 51.8 Å². The SMILES string of the molecule is c1ccc(-c2nc(-c3ccccc3-c3ccccc3)nc(-c3cccc4oc5ccc(-c6ccc(-c7cccc8c7-c7ccccc7C8(c7ccccc7)c7ccccc7)cc6)cc5c34)n2)cc1. The lowest BCUT2D eigenvalue weighted by molar-refractivity contribution is 0.669. The Kier molecular flexibility index (Phi) is 9.36. The van der Waals surface area contributed by atoms with Crippen LogP contribution in [0.5, 0.6) is 0 Å². The molecule has 318 valence electrons. The number of hydrogen-bond acceptors (Lipinski definition) is 4. The minimum absolute atomic E-state index is 0.454. The molecule has 0 N–H and O–H groups in total. The fraction of sp³-hybridized carbons (Fsp3) is 0.0156. The summed E-state index contributed by atoms with van der Waals surface area (Å²) in [5.74, 6) is 1.80. The maximum absolute atomic E-state index is 6.57. The van der Waals surface area contributed by atoms with E-state index in [1.807, 2.05) is 54.6 Å². The molecular weight excluding hydrogens is 827 g/mol. The predicted molar refractivity (Wildman–Crippen MR) is 277 cm³/mol. The smallest absolute Gasteiger partial charge is 0.164 e. The van der Waals surface area contributed by atoms with Gasteiger partial charge in [0.2, 0.25) is 0 Å². The molecular formula is C64H41N3O. The van der Waals surface area contributed by atoms with Gasteiger partial charge in [0.1, 0.15) is 11.2 Å². The molecule has 0 radical (unpaired) electrons. The molecule has 2 heterocycles. The van der Waals surface area contributed by atoms with Crippen molar-refractivity contribution in [3.8, 4) is 78.7 Å². The highest BCUT2D eigenvalue weighted by atomic mass is 16.3. The van der Waals surface area contributed by atoms with E-state index in [0.29, 0.717) is 17.5 Å². The van der Waals surface area contributed by atoms with Crippen LogP contribution in [0.1, 0.15) is 22.3 Å². The summed E-state index contributed by atoms with van der Waals surface area (Å²) in [6.07, 6.45) is 0. The van der Waals surface area contributed by atoms with Gasteiger partial charge in [-0.1, -0.05) is 231 Å². The van der Waals surface area contributed by atoms with Crippen LogP contribution in [-0.2, 0) is 5.41 Å². The van der Waals surface area contributed by atoms with Crippen molar-refractivity contribution < 1.29 is 4.42 Å². The molecule has 4 heteroatoms. The highest BCUT2D eigenvalue weighted by molar-refractivity contribution is 6.13. The summed E-state index contributed by atoms with van der Waals surface area (Å²) in [6.45, 7) is 0. The summed E-state index contributed by atoms with van der Waals surface area (Å²) < 4.78 is 6.57. The Morgan fingerprint density at radius 3 is 1.49 bits per heavy atom. The van der Waals surface area contributed by atoms with Crippen LogP contribution in [0, 0.1) is 0 Å². The number of furan rings is 1. The van der Waals surface area contributed by atoms with Crippen LogP contribution in [0.4, 0.5) is 0 Å². The third-order valence-corrected chi connectivity index (χ3v) is 13.7. The highest BCUT2D eigenvalue weighted by Gasteiger charge is 2.46. The second kappa shape index (κ2) is 16.2. The van der Waals surface area contributed by atoms with E-state index in [1.54, 1.807) is 0 Å². The van der Waals surface area contributed by atoms with Gasteiger partial charge in [-0.05, 0) is 85.0 Å². The van der Waals surface area contributed by atoms with Crippen LogP contribution in [0.2, 0.25) is 0 Å². The Labute approximate surface area is 394 Å². The monoisotopic (exact) mass is 867 g/mol. The van der Waals surface area contributed by atoms with Crippen LogP contribution in [0.15, 0.2) is 253 Å². The average Bonchev–Trinajstić information content (AvgIpc) is 3.96. The molecule has 0 unspecified atom stereocenters. The van der Waals surface area contributed by atoms with Gasteiger partial charge in [-0.25, -0.2) is 15.0 Å². The Bertz CT molecular complexity index is 3790. The van der Waals surface area contributed by atoms with Gasteiger partial charge in [0, 0.05) is 27.5 Å². The van der Waals surface area contributed by atoms with Crippen LogP contribution in [-0.4, -0.2) is 15.0 Å². The first-order valence-electron chi connectivity index (χ1n) is 23.1. The summed E-state index contributed by atoms with van der Waals surface area (Å²) in [5, 5.41) is 1.97. The number of rotatable bonds is 8. The maximum Gasteiger partial charge on any atom is 0.164 e. The van der Waals surface area contributed by atoms with Gasteiger partial charge in [0.05, 0.1) is 5.41 Å². The van der Waals surface area contributed by atoms with Gasteiger partial charge < -0.3 is 4.42 Å². The molecule has 0 saturated heterocycles. The van der Waals surface area contributed by atoms with Crippen LogP contribution < -0.4 is 0 Å². The molecule has 0 atom stereocenters. The Hall–Kier alpha value is -8.99. The molecule has 0 saturated carbocycles. The van der Waals surface area contributed by atoms with E-state index < -0.39 is 5.41 Å². The minimum atomic E-state index is -0.454. The molecule has 0 aliphatic heterocycles. The van der Waals surface area contributed by atoms with E-state index in [1.165, 1.54) is 44.5 Å². The summed E-state index contributed by atoms with van der Waals surface area (Å²) in [5.41, 5.74) is 18.3. The lowest BCUT2D eigenvalue weighted by Crippen LogP contribution is -2.28. The third kappa shape index (κ3) is 6.34. The van der Waals surface area contributed by atoms with Gasteiger partial charge >= 0.3 is 0 Å². The molecule has 1 aliphatic rings. The second-order valence-electron chi connectivity index (χ2n) is 17.4. The summed E-state index contributed by atoms with van der Waals surface area (Å²) in [6, 6.07) is 88.2. The van der Waals surface area contributed by atoms with Crippen molar-refractivity contribution >= 4 is 21.9 Å². The van der Waals surface area contributed by atoms with Gasteiger partial charge in [0.25, 0.3) is 0 Å². The zero-order valence-electron chi connectivity index (χ0n) is 36.9. The third-order valence-electron chi connectivity index (χ3n) is 13.7. The zero-order valence-corrected chi connectivity index (χ0v) is 36.9.